The number of carboxylic acids is 1. The molecule has 72 heavy (non-hydrogen) atoms. The van der Waals surface area contributed by atoms with Crippen LogP contribution in [0.2, 0.25) is 0 Å². The van der Waals surface area contributed by atoms with Crippen LogP contribution in [-0.2, 0) is 51.6 Å². The van der Waals surface area contributed by atoms with E-state index < -0.39 is 104 Å². The second-order valence-electron chi connectivity index (χ2n) is 20.1. The van der Waals surface area contributed by atoms with Crippen molar-refractivity contribution in [1.82, 2.24) is 30.5 Å². The van der Waals surface area contributed by atoms with Crippen LogP contribution in [0.15, 0.2) is 40.7 Å². The van der Waals surface area contributed by atoms with Crippen LogP contribution in [0.3, 0.4) is 0 Å². The predicted octanol–water partition coefficient (Wildman–Crippen LogP) is 2.98. The maximum absolute atomic E-state index is 14.4. The van der Waals surface area contributed by atoms with Gasteiger partial charge in [0.15, 0.2) is 0 Å². The number of fused-ring (bicyclic) bond motifs is 1. The summed E-state index contributed by atoms with van der Waals surface area (Å²) in [5.74, 6) is -6.11. The molecule has 22 heteroatoms. The lowest BCUT2D eigenvalue weighted by Gasteiger charge is -2.43. The second kappa shape index (κ2) is 22.7. The number of carbonyl (C=O) groups excluding carboxylic acids is 5. The first-order valence-electron chi connectivity index (χ1n) is 24.6. The monoisotopic (exact) mass is 1030 g/mol. The molecule has 3 aliphatic heterocycles. The average Bonchev–Trinajstić information content (AvgIpc) is 4.06. The van der Waals surface area contributed by atoms with Gasteiger partial charge in [-0.25, -0.2) is 26.7 Å². The number of nitrogens with two attached hydrogens (primary N) is 2. The fourth-order valence-electron chi connectivity index (χ4n) is 10.2. The molecule has 3 heterocycles. The lowest BCUT2D eigenvalue weighted by molar-refractivity contribution is -0.150. The van der Waals surface area contributed by atoms with Gasteiger partial charge in [-0.2, -0.15) is 0 Å². The van der Waals surface area contributed by atoms with Crippen molar-refractivity contribution in [2.45, 2.75) is 171 Å². The molecular formula is C50H69F2N9O10S. The van der Waals surface area contributed by atoms with E-state index >= 15 is 0 Å². The first-order valence-corrected chi connectivity index (χ1v) is 26.1. The van der Waals surface area contributed by atoms with Crippen LogP contribution in [0.25, 0.3) is 0 Å². The van der Waals surface area contributed by atoms with Gasteiger partial charge in [0.25, 0.3) is 10.0 Å². The zero-order valence-electron chi connectivity index (χ0n) is 41.7. The van der Waals surface area contributed by atoms with Crippen molar-refractivity contribution < 1.29 is 55.8 Å². The Morgan fingerprint density at radius 1 is 0.903 bits per heavy atom. The molecule has 2 saturated heterocycles. The van der Waals surface area contributed by atoms with Gasteiger partial charge in [-0.3, -0.25) is 29.0 Å². The van der Waals surface area contributed by atoms with Gasteiger partial charge in [-0.15, -0.1) is 6.58 Å². The molecule has 0 aromatic heterocycles. The number of allylic oxidation sites excluding steroid dienone is 1. The van der Waals surface area contributed by atoms with Gasteiger partial charge >= 0.3 is 5.97 Å². The van der Waals surface area contributed by atoms with Crippen molar-refractivity contribution in [3.05, 3.63) is 70.3 Å². The van der Waals surface area contributed by atoms with Gasteiger partial charge in [0, 0.05) is 44.1 Å². The van der Waals surface area contributed by atoms with Crippen molar-refractivity contribution >= 4 is 51.5 Å². The molecule has 0 radical (unpaired) electrons. The van der Waals surface area contributed by atoms with E-state index in [-0.39, 0.29) is 81.5 Å². The number of ether oxygens (including phenoxy) is 1. The molecule has 0 spiro atoms. The highest BCUT2D eigenvalue weighted by atomic mass is 32.2. The second-order valence-corrected chi connectivity index (χ2v) is 21.7. The third kappa shape index (κ3) is 12.5. The van der Waals surface area contributed by atoms with Crippen LogP contribution in [0.5, 0.6) is 5.75 Å². The Hall–Kier alpha value is -6.16. The van der Waals surface area contributed by atoms with Crippen molar-refractivity contribution in [3.8, 4) is 5.75 Å². The molecule has 1 saturated carbocycles. The first-order chi connectivity index (χ1) is 33.9. The summed E-state index contributed by atoms with van der Waals surface area (Å²) in [4.78, 5) is 89.3. The van der Waals surface area contributed by atoms with Crippen molar-refractivity contribution in [2.24, 2.45) is 16.5 Å². The van der Waals surface area contributed by atoms with Crippen LogP contribution in [0.4, 0.5) is 8.78 Å². The van der Waals surface area contributed by atoms with Crippen LogP contribution >= 0.6 is 0 Å². The number of unbranched alkanes of at least 4 members (excludes halogenated alkanes) is 1. The summed E-state index contributed by atoms with van der Waals surface area (Å²) in [6, 6.07) is -3.13. The quantitative estimate of drug-likeness (QED) is 0.0412. The zero-order valence-corrected chi connectivity index (χ0v) is 42.5. The third-order valence-electron chi connectivity index (χ3n) is 14.2. The predicted molar refractivity (Wildman–Crippen MR) is 263 cm³/mol. The summed E-state index contributed by atoms with van der Waals surface area (Å²) in [6.07, 6.45) is 5.39. The normalized spacial score (nSPS) is 20.3. The van der Waals surface area contributed by atoms with E-state index in [4.69, 9.17) is 16.2 Å². The summed E-state index contributed by atoms with van der Waals surface area (Å²) in [5, 5.41) is 18.2. The van der Waals surface area contributed by atoms with Gasteiger partial charge < -0.3 is 47.1 Å². The highest BCUT2D eigenvalue weighted by Gasteiger charge is 2.50. The SMILES string of the molecule is C=CCCC[C@H](N)C(=O)N[C@@H](Cc1cc(F)cc(F)c1)C(=O)N1CCC[C@H]1C(=O)NC1(C(=O)N[C@@H](CCCN=C(N)NS(=O)(=O)c2c(C)c(C)c3c(c2C)CC(C)(C)O3)C(=O)N2CCC[C@H]2C(=O)O)CCC1. The van der Waals surface area contributed by atoms with E-state index in [1.165, 1.54) is 9.80 Å². The molecule has 19 nitrogen and oxygen atoms in total. The summed E-state index contributed by atoms with van der Waals surface area (Å²) in [7, 11) is -4.22. The van der Waals surface area contributed by atoms with E-state index in [1.807, 2.05) is 13.8 Å². The number of carboxylic acid groups (broad SMARTS) is 1. The smallest absolute Gasteiger partial charge is 0.326 e. The molecule has 2 aromatic carbocycles. The maximum atomic E-state index is 14.4. The number of hydrogen-bond donors (Lipinski definition) is 7. The number of benzene rings is 2. The summed E-state index contributed by atoms with van der Waals surface area (Å²) >= 11 is 0. The number of nitrogens with one attached hydrogen (secondary N) is 4. The Bertz CT molecular complexity index is 2590. The molecule has 5 amide bonds. The van der Waals surface area contributed by atoms with Crippen molar-refractivity contribution in [2.75, 3.05) is 19.6 Å². The highest BCUT2D eigenvalue weighted by molar-refractivity contribution is 7.90. The van der Waals surface area contributed by atoms with Crippen LogP contribution in [0.1, 0.15) is 119 Å². The number of hydrogen-bond acceptors (Lipinski definition) is 11. The molecule has 4 aliphatic rings. The minimum atomic E-state index is -4.22. The molecule has 3 fully saturated rings. The Morgan fingerprint density at radius 3 is 2.14 bits per heavy atom. The van der Waals surface area contributed by atoms with E-state index in [0.717, 1.165) is 17.7 Å². The van der Waals surface area contributed by atoms with Gasteiger partial charge in [0.1, 0.15) is 52.7 Å². The Kier molecular flexibility index (Phi) is 17.4. The molecule has 2 aromatic rings. The maximum Gasteiger partial charge on any atom is 0.326 e. The van der Waals surface area contributed by atoms with E-state index in [2.05, 4.69) is 32.2 Å². The molecule has 6 rings (SSSR count). The standard InChI is InChI=1S/C50H69F2N9O10S/c1-7-8-9-14-35(53)42(62)56-37(25-31-23-32(51)26-33(52)24-31)45(65)60-21-11-16-38(60)43(63)58-50(18-13-19-50)47(68)57-36(44(64)61-22-12-17-39(61)46(66)67)15-10-20-55-48(54)59-72(69,70)41-29(3)28(2)40-34(30(41)4)27-49(5,6)71-40/h7,23-24,26,35-39H,1,8-22,25,27,53H2,2-6H3,(H,56,62)(H,57,68)(H,58,63)(H,66,67)(H3,54,55,59)/t35-,36-,37-,38-,39-/m0/s1. The summed E-state index contributed by atoms with van der Waals surface area (Å²) in [6.45, 7) is 12.9. The highest BCUT2D eigenvalue weighted by Crippen LogP contribution is 2.44. The Balaban J connectivity index is 1.15. The zero-order chi connectivity index (χ0) is 52.9. The summed E-state index contributed by atoms with van der Waals surface area (Å²) < 4.78 is 64.6. The average molecular weight is 1030 g/mol. The first kappa shape index (κ1) is 55.2. The van der Waals surface area contributed by atoms with Crippen LogP contribution < -0.4 is 36.9 Å². The van der Waals surface area contributed by atoms with Crippen molar-refractivity contribution in [1.29, 1.82) is 0 Å². The number of aliphatic carboxylic acids is 1. The number of guanidine groups is 1. The molecule has 0 bridgehead atoms. The fraction of sp³-hybridized carbons (Fsp3) is 0.580. The molecule has 394 valence electrons. The Morgan fingerprint density at radius 2 is 1.53 bits per heavy atom. The van der Waals surface area contributed by atoms with E-state index in [9.17, 15) is 51.1 Å². The minimum absolute atomic E-state index is 0.0653. The topological polar surface area (TPSA) is 285 Å². The van der Waals surface area contributed by atoms with Gasteiger partial charge in [0.2, 0.25) is 35.5 Å². The number of rotatable bonds is 21. The molecular weight excluding hydrogens is 957 g/mol. The van der Waals surface area contributed by atoms with Gasteiger partial charge in [-0.1, -0.05) is 6.08 Å². The number of nitrogens with zero attached hydrogens (tertiary/aromatic N) is 3. The van der Waals surface area contributed by atoms with Gasteiger partial charge in [0.05, 0.1) is 10.9 Å². The fourth-order valence-corrected chi connectivity index (χ4v) is 11.7. The molecule has 5 atom stereocenters. The van der Waals surface area contributed by atoms with E-state index in [0.29, 0.717) is 67.0 Å². The number of amides is 5. The lowest BCUT2D eigenvalue weighted by Crippen LogP contribution is -2.67. The minimum Gasteiger partial charge on any atom is -0.487 e. The van der Waals surface area contributed by atoms with Gasteiger partial charge in [-0.05, 0) is 146 Å². The third-order valence-corrected chi connectivity index (χ3v) is 15.9. The number of sulfonamides is 1. The van der Waals surface area contributed by atoms with Crippen LogP contribution in [-0.4, -0.2) is 126 Å². The number of carbonyl (C=O) groups is 6. The molecule has 1 aliphatic carbocycles. The number of halogens is 2. The lowest BCUT2D eigenvalue weighted by atomic mass is 9.75. The number of aliphatic imine (C=N–C) groups is 1. The molecule has 0 unspecified atom stereocenters. The van der Waals surface area contributed by atoms with Crippen LogP contribution in [0, 0.1) is 32.4 Å². The van der Waals surface area contributed by atoms with Crippen molar-refractivity contribution in [3.63, 3.8) is 0 Å². The molecule has 9 N–H and O–H groups in total. The van der Waals surface area contributed by atoms with E-state index in [1.54, 1.807) is 26.8 Å². The summed E-state index contributed by atoms with van der Waals surface area (Å²) in [5.41, 5.74) is 12.8. The number of likely N-dealkylation sites (tertiary alicyclic amines) is 2. The Labute approximate surface area is 419 Å². The largest absolute Gasteiger partial charge is 0.487 e.